The number of rotatable bonds is 6. The lowest BCUT2D eigenvalue weighted by atomic mass is 10.1. The molecule has 0 radical (unpaired) electrons. The molecule has 3 rings (SSSR count). The summed E-state index contributed by atoms with van der Waals surface area (Å²) in [5.41, 5.74) is 1.23. The van der Waals surface area contributed by atoms with Crippen molar-refractivity contribution in [2.24, 2.45) is 5.92 Å². The first-order valence-electron chi connectivity index (χ1n) is 7.64. The number of aromatic nitrogens is 2. The van der Waals surface area contributed by atoms with Gasteiger partial charge in [0, 0.05) is 31.2 Å². The Kier molecular flexibility index (Phi) is 4.83. The highest BCUT2D eigenvalue weighted by molar-refractivity contribution is 7.09. The topological polar surface area (TPSA) is 41.1 Å². The largest absolute Gasteiger partial charge is 0.370 e. The number of pyridine rings is 1. The first-order chi connectivity index (χ1) is 10.3. The van der Waals surface area contributed by atoms with E-state index in [9.17, 15) is 0 Å². The average molecular weight is 302 g/mol. The highest BCUT2D eigenvalue weighted by Gasteiger charge is 2.22. The normalized spacial score (nSPS) is 19.0. The third kappa shape index (κ3) is 4.02. The molecule has 1 atom stereocenters. The molecule has 0 bridgehead atoms. The van der Waals surface area contributed by atoms with Gasteiger partial charge >= 0.3 is 0 Å². The molecule has 1 aliphatic heterocycles. The molecule has 0 saturated carbocycles. The van der Waals surface area contributed by atoms with E-state index in [1.54, 1.807) is 11.3 Å². The fourth-order valence-corrected chi connectivity index (χ4v) is 3.49. The number of aryl methyl sites for hydroxylation is 1. The van der Waals surface area contributed by atoms with Crippen molar-refractivity contribution >= 4 is 17.2 Å². The summed E-state index contributed by atoms with van der Waals surface area (Å²) in [4.78, 5) is 11.5. The molecule has 2 aromatic rings. The van der Waals surface area contributed by atoms with E-state index in [2.05, 4.69) is 32.5 Å². The van der Waals surface area contributed by atoms with Gasteiger partial charge in [-0.3, -0.25) is 4.90 Å². The maximum absolute atomic E-state index is 4.66. The van der Waals surface area contributed by atoms with Crippen molar-refractivity contribution in [3.05, 3.63) is 40.5 Å². The highest BCUT2D eigenvalue weighted by atomic mass is 32.1. The summed E-state index contributed by atoms with van der Waals surface area (Å²) < 4.78 is 0. The zero-order chi connectivity index (χ0) is 14.5. The lowest BCUT2D eigenvalue weighted by Crippen LogP contribution is -2.23. The second-order valence-electron chi connectivity index (χ2n) is 5.57. The van der Waals surface area contributed by atoms with E-state index in [0.29, 0.717) is 5.92 Å². The summed E-state index contributed by atoms with van der Waals surface area (Å²) >= 11 is 1.78. The molecular formula is C16H22N4S. The second-order valence-corrected chi connectivity index (χ2v) is 6.51. The molecule has 0 amide bonds. The summed E-state index contributed by atoms with van der Waals surface area (Å²) in [6.07, 6.45) is 4.13. The Morgan fingerprint density at radius 1 is 1.43 bits per heavy atom. The Bertz CT molecular complexity index is 554. The van der Waals surface area contributed by atoms with Crippen LogP contribution in [0.15, 0.2) is 29.8 Å². The van der Waals surface area contributed by atoms with Crippen LogP contribution >= 0.6 is 11.3 Å². The monoisotopic (exact) mass is 302 g/mol. The molecule has 1 aliphatic rings. The van der Waals surface area contributed by atoms with Gasteiger partial charge in [0.1, 0.15) is 5.82 Å². The molecule has 112 valence electrons. The van der Waals surface area contributed by atoms with Crippen LogP contribution in [0.4, 0.5) is 5.82 Å². The predicted octanol–water partition coefficient (Wildman–Crippen LogP) is 3.03. The van der Waals surface area contributed by atoms with Gasteiger partial charge in [-0.25, -0.2) is 9.97 Å². The van der Waals surface area contributed by atoms with Crippen LogP contribution in [0.1, 0.15) is 24.0 Å². The first kappa shape index (κ1) is 14.5. The van der Waals surface area contributed by atoms with Crippen molar-refractivity contribution in [1.29, 1.82) is 0 Å². The molecule has 3 heterocycles. The average Bonchev–Trinajstić information content (AvgIpc) is 3.16. The minimum Gasteiger partial charge on any atom is -0.370 e. The first-order valence-corrected chi connectivity index (χ1v) is 8.52. The standard InChI is InChI=1S/C16H22N4S/c1-2-16-19-14(12-21-16)11-20-8-6-13(10-20)9-18-15-5-3-4-7-17-15/h3-5,7,12-13H,2,6,8-11H2,1H3,(H,17,18)/t13-/m1/s1. The number of likely N-dealkylation sites (tertiary alicyclic amines) is 1. The highest BCUT2D eigenvalue weighted by Crippen LogP contribution is 2.20. The zero-order valence-electron chi connectivity index (χ0n) is 12.5. The van der Waals surface area contributed by atoms with Crippen LogP contribution in [0.3, 0.4) is 0 Å². The Balaban J connectivity index is 1.44. The third-order valence-corrected chi connectivity index (χ3v) is 4.94. The molecule has 5 heteroatoms. The van der Waals surface area contributed by atoms with Crippen molar-refractivity contribution in [3.8, 4) is 0 Å². The van der Waals surface area contributed by atoms with Gasteiger partial charge < -0.3 is 5.32 Å². The van der Waals surface area contributed by atoms with Gasteiger partial charge in [-0.1, -0.05) is 13.0 Å². The summed E-state index contributed by atoms with van der Waals surface area (Å²) in [7, 11) is 0. The zero-order valence-corrected chi connectivity index (χ0v) is 13.3. The predicted molar refractivity (Wildman–Crippen MR) is 87.6 cm³/mol. The lowest BCUT2D eigenvalue weighted by molar-refractivity contribution is 0.315. The van der Waals surface area contributed by atoms with Crippen LogP contribution in [0.2, 0.25) is 0 Å². The van der Waals surface area contributed by atoms with Crippen LogP contribution in [0.5, 0.6) is 0 Å². The van der Waals surface area contributed by atoms with E-state index < -0.39 is 0 Å². The molecule has 0 spiro atoms. The summed E-state index contributed by atoms with van der Waals surface area (Å²) in [5, 5.41) is 6.89. The number of hydrogen-bond acceptors (Lipinski definition) is 5. The Morgan fingerprint density at radius 2 is 2.38 bits per heavy atom. The lowest BCUT2D eigenvalue weighted by Gasteiger charge is -2.15. The minimum atomic E-state index is 0.705. The van der Waals surface area contributed by atoms with E-state index in [1.165, 1.54) is 23.7 Å². The molecule has 1 N–H and O–H groups in total. The van der Waals surface area contributed by atoms with Crippen molar-refractivity contribution in [2.45, 2.75) is 26.3 Å². The summed E-state index contributed by atoms with van der Waals surface area (Å²) in [6.45, 7) is 6.49. The Hall–Kier alpha value is -1.46. The van der Waals surface area contributed by atoms with Crippen molar-refractivity contribution in [3.63, 3.8) is 0 Å². The molecular weight excluding hydrogens is 280 g/mol. The van der Waals surface area contributed by atoms with Gasteiger partial charge in [-0.15, -0.1) is 11.3 Å². The van der Waals surface area contributed by atoms with Gasteiger partial charge in [0.25, 0.3) is 0 Å². The molecule has 1 fully saturated rings. The van der Waals surface area contributed by atoms with Crippen molar-refractivity contribution < 1.29 is 0 Å². The molecule has 0 aliphatic carbocycles. The summed E-state index contributed by atoms with van der Waals surface area (Å²) in [5.74, 6) is 1.68. The number of hydrogen-bond donors (Lipinski definition) is 1. The fourth-order valence-electron chi connectivity index (χ4n) is 2.75. The van der Waals surface area contributed by atoms with Crippen LogP contribution in [-0.2, 0) is 13.0 Å². The van der Waals surface area contributed by atoms with Gasteiger partial charge in [-0.05, 0) is 37.4 Å². The Morgan fingerprint density at radius 3 is 3.14 bits per heavy atom. The van der Waals surface area contributed by atoms with Gasteiger partial charge in [0.05, 0.1) is 10.7 Å². The van der Waals surface area contributed by atoms with E-state index >= 15 is 0 Å². The number of anilines is 1. The second kappa shape index (κ2) is 7.00. The van der Waals surface area contributed by atoms with Crippen LogP contribution in [0, 0.1) is 5.92 Å². The van der Waals surface area contributed by atoms with Crippen molar-refractivity contribution in [2.75, 3.05) is 25.0 Å². The maximum atomic E-state index is 4.66. The smallest absolute Gasteiger partial charge is 0.125 e. The minimum absolute atomic E-state index is 0.705. The number of nitrogens with zero attached hydrogens (tertiary/aromatic N) is 3. The quantitative estimate of drug-likeness (QED) is 0.890. The fraction of sp³-hybridized carbons (Fsp3) is 0.500. The number of nitrogens with one attached hydrogen (secondary N) is 1. The molecule has 21 heavy (non-hydrogen) atoms. The van der Waals surface area contributed by atoms with E-state index in [1.807, 2.05) is 24.4 Å². The van der Waals surface area contributed by atoms with E-state index in [-0.39, 0.29) is 0 Å². The molecule has 1 saturated heterocycles. The van der Waals surface area contributed by atoms with E-state index in [4.69, 9.17) is 0 Å². The van der Waals surface area contributed by atoms with Crippen LogP contribution in [0.25, 0.3) is 0 Å². The molecule has 0 aromatic carbocycles. The van der Waals surface area contributed by atoms with Crippen LogP contribution in [-0.4, -0.2) is 34.5 Å². The molecule has 4 nitrogen and oxygen atoms in total. The molecule has 2 aromatic heterocycles. The Labute approximate surface area is 130 Å². The van der Waals surface area contributed by atoms with Crippen molar-refractivity contribution in [1.82, 2.24) is 14.9 Å². The SMILES string of the molecule is CCc1nc(CN2CC[C@H](CNc3ccccn3)C2)cs1. The van der Waals surface area contributed by atoms with E-state index in [0.717, 1.165) is 31.9 Å². The van der Waals surface area contributed by atoms with Crippen LogP contribution < -0.4 is 5.32 Å². The summed E-state index contributed by atoms with van der Waals surface area (Å²) in [6, 6.07) is 5.99. The number of thiazole rings is 1. The third-order valence-electron chi connectivity index (χ3n) is 3.89. The van der Waals surface area contributed by atoms with Gasteiger partial charge in [-0.2, -0.15) is 0 Å². The maximum Gasteiger partial charge on any atom is 0.125 e. The molecule has 0 unspecified atom stereocenters. The van der Waals surface area contributed by atoms with Gasteiger partial charge in [0.15, 0.2) is 0 Å². The van der Waals surface area contributed by atoms with Gasteiger partial charge in [0.2, 0.25) is 0 Å².